The first-order valence-electron chi connectivity index (χ1n) is 6.17. The smallest absolute Gasteiger partial charge is 0.255 e. The quantitative estimate of drug-likeness (QED) is 0.821. The lowest BCUT2D eigenvalue weighted by Crippen LogP contribution is -2.45. The zero-order valence-electron chi connectivity index (χ0n) is 10.7. The van der Waals surface area contributed by atoms with Gasteiger partial charge in [-0.25, -0.2) is 0 Å². The molecule has 4 heteroatoms. The van der Waals surface area contributed by atoms with Crippen molar-refractivity contribution in [2.45, 2.75) is 39.7 Å². The number of hydrogen-bond acceptors (Lipinski definition) is 3. The number of hydrogen-bond donors (Lipinski definition) is 2. The number of carbonyl (C=O) groups is 1. The fourth-order valence-electron chi connectivity index (χ4n) is 2.36. The van der Waals surface area contributed by atoms with Crippen molar-refractivity contribution in [2.75, 3.05) is 13.1 Å². The molecule has 2 rings (SSSR count). The number of furan rings is 1. The zero-order chi connectivity index (χ0) is 12.4. The molecule has 0 unspecified atom stereocenters. The Morgan fingerprint density at radius 2 is 2.12 bits per heavy atom. The maximum absolute atomic E-state index is 12.2. The van der Waals surface area contributed by atoms with Gasteiger partial charge in [-0.1, -0.05) is 0 Å². The average Bonchev–Trinajstić information content (AvgIpc) is 2.54. The third kappa shape index (κ3) is 2.52. The van der Waals surface area contributed by atoms with E-state index >= 15 is 0 Å². The molecule has 94 valence electrons. The average molecular weight is 236 g/mol. The molecule has 0 saturated carbocycles. The summed E-state index contributed by atoms with van der Waals surface area (Å²) in [5.74, 6) is 1.53. The monoisotopic (exact) mass is 236 g/mol. The number of aryl methyl sites for hydroxylation is 2. The summed E-state index contributed by atoms with van der Waals surface area (Å²) in [6.07, 6.45) is 2.17. The Hall–Kier alpha value is -1.29. The minimum atomic E-state index is -0.00875. The summed E-state index contributed by atoms with van der Waals surface area (Å²) in [4.78, 5) is 12.2. The molecular formula is C13H20N2O2. The third-order valence-corrected chi connectivity index (χ3v) is 3.42. The van der Waals surface area contributed by atoms with Crippen LogP contribution in [0, 0.1) is 20.8 Å². The summed E-state index contributed by atoms with van der Waals surface area (Å²) in [5, 5.41) is 6.36. The van der Waals surface area contributed by atoms with Crippen molar-refractivity contribution in [3.8, 4) is 0 Å². The second kappa shape index (κ2) is 4.92. The van der Waals surface area contributed by atoms with Gasteiger partial charge in [0.15, 0.2) is 0 Å². The molecule has 1 atom stereocenters. The van der Waals surface area contributed by atoms with E-state index in [1.165, 1.54) is 0 Å². The highest BCUT2D eigenvalue weighted by atomic mass is 16.3. The first kappa shape index (κ1) is 12.2. The van der Waals surface area contributed by atoms with E-state index in [0.29, 0.717) is 11.3 Å². The van der Waals surface area contributed by atoms with E-state index < -0.39 is 0 Å². The molecule has 1 aliphatic heterocycles. The van der Waals surface area contributed by atoms with Crippen LogP contribution in [0.2, 0.25) is 0 Å². The van der Waals surface area contributed by atoms with E-state index in [0.717, 1.165) is 37.3 Å². The molecule has 1 amide bonds. The fraction of sp³-hybridized carbons (Fsp3) is 0.615. The molecule has 0 aliphatic carbocycles. The molecule has 0 aromatic carbocycles. The van der Waals surface area contributed by atoms with E-state index in [2.05, 4.69) is 10.6 Å². The van der Waals surface area contributed by atoms with E-state index in [-0.39, 0.29) is 11.9 Å². The molecule has 0 bridgehead atoms. The van der Waals surface area contributed by atoms with E-state index in [9.17, 15) is 4.79 Å². The zero-order valence-corrected chi connectivity index (χ0v) is 10.7. The highest BCUT2D eigenvalue weighted by Gasteiger charge is 2.22. The van der Waals surface area contributed by atoms with Gasteiger partial charge in [-0.15, -0.1) is 0 Å². The van der Waals surface area contributed by atoms with Crippen molar-refractivity contribution >= 4 is 5.91 Å². The largest absolute Gasteiger partial charge is 0.466 e. The Labute approximate surface area is 102 Å². The molecule has 2 N–H and O–H groups in total. The molecule has 1 aromatic heterocycles. The van der Waals surface area contributed by atoms with Crippen molar-refractivity contribution in [1.82, 2.24) is 10.6 Å². The number of nitrogens with one attached hydrogen (secondary N) is 2. The van der Waals surface area contributed by atoms with Crippen LogP contribution < -0.4 is 10.6 Å². The van der Waals surface area contributed by atoms with Crippen molar-refractivity contribution in [3.05, 3.63) is 22.6 Å². The summed E-state index contributed by atoms with van der Waals surface area (Å²) >= 11 is 0. The maximum atomic E-state index is 12.2. The SMILES string of the molecule is Cc1oc(C)c(C(=O)N[C@@H]2CCCNC2)c1C. The van der Waals surface area contributed by atoms with Gasteiger partial charge in [0, 0.05) is 18.2 Å². The van der Waals surface area contributed by atoms with Crippen LogP contribution in [0.4, 0.5) is 0 Å². The lowest BCUT2D eigenvalue weighted by Gasteiger charge is -2.23. The predicted octanol–water partition coefficient (Wildman–Crippen LogP) is 1.69. The van der Waals surface area contributed by atoms with Crippen molar-refractivity contribution < 1.29 is 9.21 Å². The number of rotatable bonds is 2. The number of carbonyl (C=O) groups excluding carboxylic acids is 1. The first-order chi connectivity index (χ1) is 8.09. The second-order valence-corrected chi connectivity index (χ2v) is 4.73. The van der Waals surface area contributed by atoms with Crippen LogP contribution in [-0.4, -0.2) is 25.0 Å². The van der Waals surface area contributed by atoms with Crippen LogP contribution in [0.5, 0.6) is 0 Å². The fourth-order valence-corrected chi connectivity index (χ4v) is 2.36. The van der Waals surface area contributed by atoms with Crippen LogP contribution in [-0.2, 0) is 0 Å². The van der Waals surface area contributed by atoms with Gasteiger partial charge in [-0.3, -0.25) is 4.79 Å². The topological polar surface area (TPSA) is 54.3 Å². The van der Waals surface area contributed by atoms with Gasteiger partial charge in [-0.05, 0) is 40.2 Å². The maximum Gasteiger partial charge on any atom is 0.255 e. The summed E-state index contributed by atoms with van der Waals surface area (Å²) in [5.41, 5.74) is 1.65. The van der Waals surface area contributed by atoms with Crippen molar-refractivity contribution in [1.29, 1.82) is 0 Å². The summed E-state index contributed by atoms with van der Waals surface area (Å²) in [6.45, 7) is 7.57. The summed E-state index contributed by atoms with van der Waals surface area (Å²) in [7, 11) is 0. The standard InChI is InChI=1S/C13H20N2O2/c1-8-9(2)17-10(3)12(8)13(16)15-11-5-4-6-14-7-11/h11,14H,4-7H2,1-3H3,(H,15,16)/t11-/m1/s1. The second-order valence-electron chi connectivity index (χ2n) is 4.73. The van der Waals surface area contributed by atoms with Crippen molar-refractivity contribution in [3.63, 3.8) is 0 Å². The molecule has 0 radical (unpaired) electrons. The van der Waals surface area contributed by atoms with Crippen LogP contribution >= 0.6 is 0 Å². The Morgan fingerprint density at radius 3 is 2.65 bits per heavy atom. The van der Waals surface area contributed by atoms with Crippen LogP contribution in [0.25, 0.3) is 0 Å². The van der Waals surface area contributed by atoms with Crippen LogP contribution in [0.3, 0.4) is 0 Å². The van der Waals surface area contributed by atoms with Gasteiger partial charge in [-0.2, -0.15) is 0 Å². The molecular weight excluding hydrogens is 216 g/mol. The molecule has 4 nitrogen and oxygen atoms in total. The molecule has 1 saturated heterocycles. The van der Waals surface area contributed by atoms with Crippen LogP contribution in [0.15, 0.2) is 4.42 Å². The Morgan fingerprint density at radius 1 is 1.35 bits per heavy atom. The van der Waals surface area contributed by atoms with E-state index in [4.69, 9.17) is 4.42 Å². The van der Waals surface area contributed by atoms with Gasteiger partial charge in [0.05, 0.1) is 5.56 Å². The van der Waals surface area contributed by atoms with E-state index in [1.54, 1.807) is 0 Å². The normalized spacial score (nSPS) is 20.3. The van der Waals surface area contributed by atoms with Gasteiger partial charge < -0.3 is 15.1 Å². The lowest BCUT2D eigenvalue weighted by atomic mass is 10.1. The molecule has 1 aliphatic rings. The summed E-state index contributed by atoms with van der Waals surface area (Å²) < 4.78 is 5.48. The van der Waals surface area contributed by atoms with Gasteiger partial charge in [0.2, 0.25) is 0 Å². The van der Waals surface area contributed by atoms with Crippen LogP contribution in [0.1, 0.15) is 40.3 Å². The third-order valence-electron chi connectivity index (χ3n) is 3.42. The molecule has 17 heavy (non-hydrogen) atoms. The Bertz CT molecular complexity index is 417. The first-order valence-corrected chi connectivity index (χ1v) is 6.17. The van der Waals surface area contributed by atoms with E-state index in [1.807, 2.05) is 20.8 Å². The number of piperidine rings is 1. The van der Waals surface area contributed by atoms with Gasteiger partial charge in [0.25, 0.3) is 5.91 Å². The summed E-state index contributed by atoms with van der Waals surface area (Å²) in [6, 6.07) is 0.241. The lowest BCUT2D eigenvalue weighted by molar-refractivity contribution is 0.0928. The highest BCUT2D eigenvalue weighted by Crippen LogP contribution is 2.20. The molecule has 1 aromatic rings. The minimum absolute atomic E-state index is 0.00875. The minimum Gasteiger partial charge on any atom is -0.466 e. The molecule has 2 heterocycles. The Balaban J connectivity index is 2.08. The van der Waals surface area contributed by atoms with Gasteiger partial charge >= 0.3 is 0 Å². The van der Waals surface area contributed by atoms with Crippen molar-refractivity contribution in [2.24, 2.45) is 0 Å². The molecule has 0 spiro atoms. The molecule has 1 fully saturated rings. The number of amides is 1. The predicted molar refractivity (Wildman–Crippen MR) is 66.3 cm³/mol. The highest BCUT2D eigenvalue weighted by molar-refractivity contribution is 5.97. The Kier molecular flexibility index (Phi) is 3.52. The van der Waals surface area contributed by atoms with Gasteiger partial charge in [0.1, 0.15) is 11.5 Å².